The Morgan fingerprint density at radius 2 is 1.97 bits per heavy atom. The Morgan fingerprint density at radius 3 is 2.64 bits per heavy atom. The number of carboxylic acids is 1. The molecule has 1 N–H and O–H groups in total. The Balaban J connectivity index is 1.62. The largest absolute Gasteiger partial charge is 0.476 e. The van der Waals surface area contributed by atoms with Crippen molar-refractivity contribution in [2.24, 2.45) is 0 Å². The average molecular weight is 606 g/mol. The molecule has 12 heteroatoms. The van der Waals surface area contributed by atoms with Gasteiger partial charge in [-0.25, -0.2) is 14.8 Å². The quantitative estimate of drug-likeness (QED) is 0.208. The van der Waals surface area contributed by atoms with Crippen LogP contribution in [0, 0.1) is 13.8 Å². The van der Waals surface area contributed by atoms with E-state index in [1.807, 2.05) is 19.1 Å². The van der Waals surface area contributed by atoms with Crippen molar-refractivity contribution in [3.8, 4) is 33.4 Å². The number of rotatable bonds is 8. The molecule has 0 saturated carbocycles. The lowest BCUT2D eigenvalue weighted by molar-refractivity contribution is 0.0687. The van der Waals surface area contributed by atoms with Crippen molar-refractivity contribution in [3.05, 3.63) is 57.5 Å². The van der Waals surface area contributed by atoms with Crippen molar-refractivity contribution in [2.75, 3.05) is 13.2 Å². The Kier molecular flexibility index (Phi) is 8.21. The third-order valence-electron chi connectivity index (χ3n) is 5.96. The monoisotopic (exact) mass is 604 g/mol. The number of thiazole rings is 1. The van der Waals surface area contributed by atoms with Crippen LogP contribution in [0.3, 0.4) is 0 Å². The molecule has 1 aromatic carbocycles. The molecule has 0 amide bonds. The predicted octanol–water partition coefficient (Wildman–Crippen LogP) is 7.35. The van der Waals surface area contributed by atoms with Gasteiger partial charge in [0.05, 0.1) is 38.9 Å². The van der Waals surface area contributed by atoms with Gasteiger partial charge < -0.3 is 14.6 Å². The second-order valence-electron chi connectivity index (χ2n) is 9.39. The topological polar surface area (TPSA) is 99.4 Å². The molecule has 0 spiro atoms. The number of ether oxygens (including phenoxy) is 2. The van der Waals surface area contributed by atoms with Crippen molar-refractivity contribution in [3.63, 3.8) is 0 Å². The first kappa shape index (κ1) is 27.9. The van der Waals surface area contributed by atoms with Crippen LogP contribution in [0.25, 0.3) is 27.5 Å². The summed E-state index contributed by atoms with van der Waals surface area (Å²) in [4.78, 5) is 22.0. The highest BCUT2D eigenvalue weighted by Gasteiger charge is 2.28. The van der Waals surface area contributed by atoms with Crippen LogP contribution in [0.15, 0.2) is 34.5 Å². The van der Waals surface area contributed by atoms with E-state index in [1.54, 1.807) is 36.9 Å². The van der Waals surface area contributed by atoms with Gasteiger partial charge in [-0.1, -0.05) is 54.5 Å². The second kappa shape index (κ2) is 11.5. The summed E-state index contributed by atoms with van der Waals surface area (Å²) in [5.41, 5.74) is 3.92. The molecule has 8 nitrogen and oxygen atoms in total. The van der Waals surface area contributed by atoms with Crippen molar-refractivity contribution >= 4 is 52.3 Å². The van der Waals surface area contributed by atoms with Crippen molar-refractivity contribution < 1.29 is 19.4 Å². The summed E-state index contributed by atoms with van der Waals surface area (Å²) in [6.07, 6.45) is 0.700. The molecule has 5 rings (SSSR count). The first-order valence-corrected chi connectivity index (χ1v) is 14.8. The van der Waals surface area contributed by atoms with Crippen LogP contribution in [0.4, 0.5) is 0 Å². The number of aryl methyl sites for hydroxylation is 2. The summed E-state index contributed by atoms with van der Waals surface area (Å²) in [5.74, 6) is -0.688. The summed E-state index contributed by atoms with van der Waals surface area (Å²) in [6, 6.07) is 8.94. The number of aromatic carboxylic acids is 1. The molecular formula is C27H26Cl2N4O4S2. The fourth-order valence-electron chi connectivity index (χ4n) is 4.33. The lowest BCUT2D eigenvalue weighted by Gasteiger charge is -2.13. The Labute approximate surface area is 244 Å². The highest BCUT2D eigenvalue weighted by atomic mass is 35.5. The van der Waals surface area contributed by atoms with Gasteiger partial charge in [-0.15, -0.1) is 11.8 Å². The minimum absolute atomic E-state index is 0.0174. The summed E-state index contributed by atoms with van der Waals surface area (Å²) in [7, 11) is 0. The van der Waals surface area contributed by atoms with Gasteiger partial charge in [0.2, 0.25) is 11.0 Å². The van der Waals surface area contributed by atoms with Gasteiger partial charge in [-0.2, -0.15) is 9.78 Å². The first-order chi connectivity index (χ1) is 18.6. The molecule has 0 radical (unpaired) electrons. The van der Waals surface area contributed by atoms with Gasteiger partial charge in [-0.05, 0) is 37.6 Å². The van der Waals surface area contributed by atoms with E-state index in [2.05, 4.69) is 23.9 Å². The van der Waals surface area contributed by atoms with E-state index in [4.69, 9.17) is 37.7 Å². The van der Waals surface area contributed by atoms with E-state index in [9.17, 15) is 9.90 Å². The Hall–Kier alpha value is -2.63. The van der Waals surface area contributed by atoms with Crippen LogP contribution in [0.1, 0.15) is 42.1 Å². The van der Waals surface area contributed by atoms with Crippen LogP contribution in [0.5, 0.6) is 5.88 Å². The molecule has 1 aliphatic heterocycles. The molecule has 204 valence electrons. The molecule has 39 heavy (non-hydrogen) atoms. The molecule has 1 saturated heterocycles. The smallest absolute Gasteiger partial charge is 0.355 e. The zero-order valence-electron chi connectivity index (χ0n) is 21.7. The number of thioether (sulfide) groups is 1. The summed E-state index contributed by atoms with van der Waals surface area (Å²) < 4.78 is 13.8. The minimum atomic E-state index is -1.11. The summed E-state index contributed by atoms with van der Waals surface area (Å²) >= 11 is 15.5. The Morgan fingerprint density at radius 1 is 1.18 bits per heavy atom. The highest BCUT2D eigenvalue weighted by Crippen LogP contribution is 2.42. The standard InChI is InChI=1S/C27H26Cl2N4O4S2/c1-13(2)38-26-23(16-5-6-19(28)20(29)10-16)31-27(39-26)33-24(25(34)35)22(15(4)32-33)17-9-14(3)30-21(11-17)37-18-7-8-36-12-18/h5-6,9-11,13,18H,7-8,12H2,1-4H3,(H,34,35)/t18-/m0/s1. The van der Waals surface area contributed by atoms with Gasteiger partial charge in [0.25, 0.3) is 0 Å². The highest BCUT2D eigenvalue weighted by molar-refractivity contribution is 8.01. The van der Waals surface area contributed by atoms with Crippen molar-refractivity contribution in [1.29, 1.82) is 0 Å². The van der Waals surface area contributed by atoms with Crippen molar-refractivity contribution in [2.45, 2.75) is 49.7 Å². The van der Waals surface area contributed by atoms with Crippen molar-refractivity contribution in [1.82, 2.24) is 19.7 Å². The minimum Gasteiger partial charge on any atom is -0.476 e. The van der Waals surface area contributed by atoms with E-state index in [0.29, 0.717) is 62.5 Å². The SMILES string of the molecule is Cc1cc(-c2c(C)nn(-c3nc(-c4ccc(Cl)c(Cl)c4)c(SC(C)C)s3)c2C(=O)O)cc(O[C@H]2CCOC2)n1. The van der Waals surface area contributed by atoms with Gasteiger partial charge in [-0.3, -0.25) is 0 Å². The molecule has 4 aromatic rings. The molecule has 1 aliphatic rings. The van der Waals surface area contributed by atoms with Gasteiger partial charge in [0.1, 0.15) is 6.10 Å². The molecule has 3 aromatic heterocycles. The lowest BCUT2D eigenvalue weighted by atomic mass is 10.0. The molecular weight excluding hydrogens is 579 g/mol. The zero-order valence-corrected chi connectivity index (χ0v) is 24.8. The maximum atomic E-state index is 12.7. The number of halogens is 2. The summed E-state index contributed by atoms with van der Waals surface area (Å²) in [5, 5.41) is 16.6. The van der Waals surface area contributed by atoms with E-state index in [-0.39, 0.29) is 17.0 Å². The fourth-order valence-corrected chi connectivity index (χ4v) is 7.11. The van der Waals surface area contributed by atoms with Crippen LogP contribution in [0.2, 0.25) is 10.0 Å². The molecule has 0 bridgehead atoms. The van der Waals surface area contributed by atoms with Crippen LogP contribution < -0.4 is 4.74 Å². The average Bonchev–Trinajstić information content (AvgIpc) is 3.59. The van der Waals surface area contributed by atoms with Gasteiger partial charge in [0, 0.05) is 34.6 Å². The number of hydrogen-bond donors (Lipinski definition) is 1. The van der Waals surface area contributed by atoms with Gasteiger partial charge >= 0.3 is 5.97 Å². The normalized spacial score (nSPS) is 15.3. The van der Waals surface area contributed by atoms with E-state index in [0.717, 1.165) is 16.2 Å². The van der Waals surface area contributed by atoms with E-state index >= 15 is 0 Å². The van der Waals surface area contributed by atoms with Crippen LogP contribution in [-0.2, 0) is 4.74 Å². The fraction of sp³-hybridized carbons (Fsp3) is 0.333. The maximum Gasteiger partial charge on any atom is 0.355 e. The van der Waals surface area contributed by atoms with E-state index < -0.39 is 5.97 Å². The number of hydrogen-bond acceptors (Lipinski definition) is 8. The number of pyridine rings is 1. The first-order valence-electron chi connectivity index (χ1n) is 12.3. The summed E-state index contributed by atoms with van der Waals surface area (Å²) in [6.45, 7) is 8.96. The third kappa shape index (κ3) is 5.95. The number of carbonyl (C=O) groups is 1. The lowest BCUT2D eigenvalue weighted by Crippen LogP contribution is -2.16. The maximum absolute atomic E-state index is 12.7. The molecule has 0 aliphatic carbocycles. The molecule has 0 unspecified atom stereocenters. The van der Waals surface area contributed by atoms with Gasteiger partial charge in [0.15, 0.2) is 5.69 Å². The molecule has 1 fully saturated rings. The van der Waals surface area contributed by atoms with E-state index in [1.165, 1.54) is 16.0 Å². The zero-order chi connectivity index (χ0) is 27.8. The number of carboxylic acid groups (broad SMARTS) is 1. The number of benzene rings is 1. The number of nitrogens with zero attached hydrogens (tertiary/aromatic N) is 4. The molecule has 1 atom stereocenters. The predicted molar refractivity (Wildman–Crippen MR) is 155 cm³/mol. The van der Waals surface area contributed by atoms with Crippen LogP contribution >= 0.6 is 46.3 Å². The second-order valence-corrected chi connectivity index (χ2v) is 13.0. The third-order valence-corrected chi connectivity index (χ3v) is 8.94. The Bertz CT molecular complexity index is 1550. The molecule has 4 heterocycles. The number of aromatic nitrogens is 4. The van der Waals surface area contributed by atoms with Crippen LogP contribution in [-0.4, -0.2) is 55.4 Å².